The first-order valence-electron chi connectivity index (χ1n) is 20.3. The minimum Gasteiger partial charge on any atom is -0.480 e. The standard InChI is InChI=1S/C44H57N7O7S/c1-28(52)39(43(56)50-37(44(57)58)23-29-13-4-2-5-14-29)51-40(53)35(20-10-11-21-45)48-41(54)36(25-31-26-47-34-19-9-8-18-33(31)34)49-42(55)38(24-30-15-6-3-7-16-30)59-27-32-17-12-22-46-32/h2-9,13-16,18-19,26,28,32,35-39,46-47,52H,10-12,17,20-25,27,45H2,1H3,(H,48,54)(H,49,55)(H,50,56)(H,51,53)(H,57,58)/t28-,32+,35+,36-,37+,38+,39+/m1/s1. The number of para-hydroxylation sites is 1. The summed E-state index contributed by atoms with van der Waals surface area (Å²) in [4.78, 5) is 71.5. The van der Waals surface area contributed by atoms with Crippen molar-refractivity contribution in [3.05, 3.63) is 108 Å². The molecule has 1 aliphatic heterocycles. The molecule has 0 bridgehead atoms. The number of aliphatic hydroxyl groups is 1. The van der Waals surface area contributed by atoms with Gasteiger partial charge in [0.25, 0.3) is 0 Å². The van der Waals surface area contributed by atoms with Crippen molar-refractivity contribution in [1.82, 2.24) is 31.6 Å². The zero-order valence-corrected chi connectivity index (χ0v) is 34.2. The highest BCUT2D eigenvalue weighted by molar-refractivity contribution is 8.00. The third-order valence-corrected chi connectivity index (χ3v) is 11.9. The molecule has 15 heteroatoms. The number of carboxylic acid groups (broad SMARTS) is 1. The molecule has 14 nitrogen and oxygen atoms in total. The number of carbonyl (C=O) groups excluding carboxylic acids is 4. The maximum atomic E-state index is 14.4. The Morgan fingerprint density at radius 1 is 0.763 bits per heavy atom. The summed E-state index contributed by atoms with van der Waals surface area (Å²) >= 11 is 1.55. The van der Waals surface area contributed by atoms with Gasteiger partial charge < -0.3 is 47.5 Å². The number of unbranched alkanes of at least 4 members (excludes halogenated alkanes) is 1. The second-order valence-corrected chi connectivity index (χ2v) is 16.3. The number of aliphatic carboxylic acids is 1. The van der Waals surface area contributed by atoms with Crippen molar-refractivity contribution >= 4 is 52.3 Å². The molecule has 1 fully saturated rings. The minimum atomic E-state index is -1.54. The lowest BCUT2D eigenvalue weighted by molar-refractivity contribution is -0.143. The molecule has 1 saturated heterocycles. The average molecular weight is 828 g/mol. The molecular formula is C44H57N7O7S. The van der Waals surface area contributed by atoms with Gasteiger partial charge in [-0.1, -0.05) is 78.9 Å². The van der Waals surface area contributed by atoms with Crippen LogP contribution in [0.25, 0.3) is 10.9 Å². The molecule has 2 heterocycles. The van der Waals surface area contributed by atoms with Crippen LogP contribution in [0.2, 0.25) is 0 Å². The van der Waals surface area contributed by atoms with Crippen molar-refractivity contribution in [2.45, 2.75) is 99.9 Å². The van der Waals surface area contributed by atoms with Crippen LogP contribution in [0.3, 0.4) is 0 Å². The lowest BCUT2D eigenvalue weighted by Gasteiger charge is -2.28. The van der Waals surface area contributed by atoms with E-state index in [1.54, 1.807) is 48.3 Å². The number of hydrogen-bond donors (Lipinski definition) is 9. The SMILES string of the molecule is C[C@@H](O)[C@H](NC(=O)[C@H](CCCCN)NC(=O)[C@@H](Cc1c[nH]c2ccccc12)NC(=O)[C@H](Cc1ccccc1)SC[C@@H]1CCCN1)C(=O)N[C@@H](Cc1ccccc1)C(=O)O. The van der Waals surface area contributed by atoms with Gasteiger partial charge in [-0.25, -0.2) is 4.79 Å². The summed E-state index contributed by atoms with van der Waals surface area (Å²) in [6.45, 7) is 2.58. The van der Waals surface area contributed by atoms with Gasteiger partial charge >= 0.3 is 5.97 Å². The smallest absolute Gasteiger partial charge is 0.326 e. The molecule has 0 radical (unpaired) electrons. The quantitative estimate of drug-likeness (QED) is 0.0497. The number of carboxylic acids is 1. The number of thioether (sulfide) groups is 1. The lowest BCUT2D eigenvalue weighted by atomic mass is 10.0. The van der Waals surface area contributed by atoms with E-state index in [1.807, 2.05) is 54.6 Å². The summed E-state index contributed by atoms with van der Waals surface area (Å²) in [5.74, 6) is -3.13. The number of nitrogens with two attached hydrogens (primary N) is 1. The number of H-pyrrole nitrogens is 1. The fraction of sp³-hybridized carbons (Fsp3) is 0.432. The number of fused-ring (bicyclic) bond motifs is 1. The number of aromatic amines is 1. The third kappa shape index (κ3) is 13.7. The first-order chi connectivity index (χ1) is 28.5. The second-order valence-electron chi connectivity index (χ2n) is 15.1. The Kier molecular flexibility index (Phi) is 17.3. The number of hydrogen-bond acceptors (Lipinski definition) is 9. The highest BCUT2D eigenvalue weighted by atomic mass is 32.2. The Morgan fingerprint density at radius 2 is 1.39 bits per heavy atom. The molecule has 0 spiro atoms. The molecule has 1 aromatic heterocycles. The molecule has 59 heavy (non-hydrogen) atoms. The third-order valence-electron chi connectivity index (χ3n) is 10.5. The van der Waals surface area contributed by atoms with Gasteiger partial charge in [-0.2, -0.15) is 0 Å². The number of rotatable bonds is 23. The van der Waals surface area contributed by atoms with Crippen LogP contribution >= 0.6 is 11.8 Å². The molecule has 0 unspecified atom stereocenters. The van der Waals surface area contributed by atoms with Gasteiger partial charge in [0.2, 0.25) is 23.6 Å². The van der Waals surface area contributed by atoms with Crippen LogP contribution in [0.5, 0.6) is 0 Å². The van der Waals surface area contributed by atoms with Gasteiger partial charge in [0, 0.05) is 41.7 Å². The zero-order chi connectivity index (χ0) is 42.1. The molecule has 10 N–H and O–H groups in total. The fourth-order valence-corrected chi connectivity index (χ4v) is 8.46. The summed E-state index contributed by atoms with van der Waals surface area (Å²) in [5.41, 5.74) is 9.09. The van der Waals surface area contributed by atoms with E-state index < -0.39 is 59.2 Å². The van der Waals surface area contributed by atoms with E-state index >= 15 is 0 Å². The van der Waals surface area contributed by atoms with Crippen LogP contribution in [-0.2, 0) is 43.2 Å². The van der Waals surface area contributed by atoms with E-state index in [0.29, 0.717) is 31.4 Å². The molecular weight excluding hydrogens is 771 g/mol. The van der Waals surface area contributed by atoms with Crippen molar-refractivity contribution in [3.8, 4) is 0 Å². The van der Waals surface area contributed by atoms with E-state index in [2.05, 4.69) is 31.6 Å². The first-order valence-corrected chi connectivity index (χ1v) is 21.4. The Bertz CT molecular complexity index is 1970. The van der Waals surface area contributed by atoms with Gasteiger partial charge in [0.15, 0.2) is 0 Å². The van der Waals surface area contributed by atoms with Crippen LogP contribution in [0.15, 0.2) is 91.1 Å². The van der Waals surface area contributed by atoms with Crippen LogP contribution in [0.1, 0.15) is 55.7 Å². The van der Waals surface area contributed by atoms with Crippen molar-refractivity contribution in [2.24, 2.45) is 5.73 Å². The number of benzene rings is 3. The highest BCUT2D eigenvalue weighted by Gasteiger charge is 2.34. The van der Waals surface area contributed by atoms with Gasteiger partial charge in [-0.05, 0) is 81.3 Å². The molecule has 4 aromatic rings. The number of carbonyl (C=O) groups is 5. The Morgan fingerprint density at radius 3 is 2.03 bits per heavy atom. The maximum Gasteiger partial charge on any atom is 0.326 e. The van der Waals surface area contributed by atoms with Crippen LogP contribution in [-0.4, -0.2) is 105 Å². The topological polar surface area (TPSA) is 228 Å². The van der Waals surface area contributed by atoms with Crippen LogP contribution in [0.4, 0.5) is 0 Å². The van der Waals surface area contributed by atoms with Crippen molar-refractivity contribution in [3.63, 3.8) is 0 Å². The highest BCUT2D eigenvalue weighted by Crippen LogP contribution is 2.23. The Labute approximate surface area is 349 Å². The van der Waals surface area contributed by atoms with E-state index in [4.69, 9.17) is 5.73 Å². The van der Waals surface area contributed by atoms with Crippen LogP contribution in [0, 0.1) is 0 Å². The summed E-state index contributed by atoms with van der Waals surface area (Å²) in [6, 6.07) is 21.2. The van der Waals surface area contributed by atoms with Crippen LogP contribution < -0.4 is 32.3 Å². The monoisotopic (exact) mass is 827 g/mol. The van der Waals surface area contributed by atoms with Gasteiger partial charge in [0.1, 0.15) is 24.2 Å². The van der Waals surface area contributed by atoms with Crippen molar-refractivity contribution in [2.75, 3.05) is 18.8 Å². The minimum absolute atomic E-state index is 0.0219. The molecule has 4 amide bonds. The molecule has 1 aliphatic rings. The summed E-state index contributed by atoms with van der Waals surface area (Å²) in [6.07, 6.45) is 4.16. The second kappa shape index (κ2) is 22.8. The summed E-state index contributed by atoms with van der Waals surface area (Å²) in [5, 5.41) is 35.3. The largest absolute Gasteiger partial charge is 0.480 e. The molecule has 316 valence electrons. The van der Waals surface area contributed by atoms with E-state index in [-0.39, 0.29) is 31.2 Å². The predicted molar refractivity (Wildman–Crippen MR) is 230 cm³/mol. The predicted octanol–water partition coefficient (Wildman–Crippen LogP) is 2.58. The van der Waals surface area contributed by atoms with E-state index in [9.17, 15) is 34.2 Å². The lowest BCUT2D eigenvalue weighted by Crippen LogP contribution is -2.60. The van der Waals surface area contributed by atoms with Gasteiger partial charge in [-0.3, -0.25) is 19.2 Å². The summed E-state index contributed by atoms with van der Waals surface area (Å²) in [7, 11) is 0. The average Bonchev–Trinajstić information content (AvgIpc) is 3.91. The molecule has 3 aromatic carbocycles. The maximum absolute atomic E-state index is 14.4. The normalized spacial score (nSPS) is 16.9. The van der Waals surface area contributed by atoms with Gasteiger partial charge in [-0.15, -0.1) is 11.8 Å². The Hall–Kier alpha value is -5.22. The number of aromatic nitrogens is 1. The van der Waals surface area contributed by atoms with Crippen molar-refractivity contribution in [1.29, 1.82) is 0 Å². The summed E-state index contributed by atoms with van der Waals surface area (Å²) < 4.78 is 0. The van der Waals surface area contributed by atoms with E-state index in [1.165, 1.54) is 6.92 Å². The van der Waals surface area contributed by atoms with E-state index in [0.717, 1.165) is 47.2 Å². The molecule has 7 atom stereocenters. The Balaban J connectivity index is 1.36. The number of amides is 4. The molecule has 0 saturated carbocycles. The van der Waals surface area contributed by atoms with Crippen molar-refractivity contribution < 1.29 is 34.2 Å². The number of aliphatic hydroxyl groups excluding tert-OH is 1. The molecule has 5 rings (SSSR count). The zero-order valence-electron chi connectivity index (χ0n) is 33.4. The number of nitrogens with one attached hydrogen (secondary N) is 6. The first kappa shape index (κ1) is 44.9. The molecule has 0 aliphatic carbocycles. The fourth-order valence-electron chi connectivity index (χ4n) is 7.19. The van der Waals surface area contributed by atoms with Gasteiger partial charge in [0.05, 0.1) is 11.4 Å².